The van der Waals surface area contributed by atoms with Gasteiger partial charge in [0, 0.05) is 51.0 Å². The SMILES string of the molecule is CN1CC(c2cccc(Cl)c2Cl)=CN(CC(=O)N2CCC(N3CCc4ccccc4CC3=O)CC2)C1=O. The zero-order chi connectivity index (χ0) is 26.1. The van der Waals surface area contributed by atoms with Crippen molar-refractivity contribution in [2.45, 2.75) is 31.7 Å². The van der Waals surface area contributed by atoms with Crippen LogP contribution in [0.15, 0.2) is 48.7 Å². The first-order valence-corrected chi connectivity index (χ1v) is 13.4. The van der Waals surface area contributed by atoms with Crippen LogP contribution in [0.3, 0.4) is 0 Å². The molecule has 2 aromatic rings. The van der Waals surface area contributed by atoms with Crippen LogP contribution in [0.1, 0.15) is 29.5 Å². The summed E-state index contributed by atoms with van der Waals surface area (Å²) in [5.74, 6) is 0.0542. The molecule has 0 saturated carbocycles. The van der Waals surface area contributed by atoms with E-state index in [4.69, 9.17) is 23.2 Å². The standard InChI is InChI=1S/C28H30Cl2N4O3/c1-31-16-21(23-7-4-8-24(29)27(23)30)17-33(28(31)37)18-26(36)32-12-10-22(11-13-32)34-14-9-19-5-2-3-6-20(19)15-25(34)35/h2-8,17,22H,9-16,18H2,1H3. The Morgan fingerprint density at radius 1 is 0.973 bits per heavy atom. The minimum absolute atomic E-state index is 0.0481. The van der Waals surface area contributed by atoms with E-state index in [-0.39, 0.29) is 30.4 Å². The second-order valence-corrected chi connectivity index (χ2v) is 10.7. The first-order chi connectivity index (χ1) is 17.8. The van der Waals surface area contributed by atoms with E-state index in [9.17, 15) is 14.4 Å². The minimum Gasteiger partial charge on any atom is -0.341 e. The van der Waals surface area contributed by atoms with Crippen molar-refractivity contribution in [3.63, 3.8) is 0 Å². The molecule has 0 aliphatic carbocycles. The fraction of sp³-hybridized carbons (Fsp3) is 0.393. The topological polar surface area (TPSA) is 64.2 Å². The van der Waals surface area contributed by atoms with Gasteiger partial charge >= 0.3 is 6.03 Å². The smallest absolute Gasteiger partial charge is 0.324 e. The van der Waals surface area contributed by atoms with Crippen LogP contribution < -0.4 is 0 Å². The van der Waals surface area contributed by atoms with E-state index in [1.807, 2.05) is 35.2 Å². The molecule has 3 aliphatic heterocycles. The second-order valence-electron chi connectivity index (χ2n) is 9.92. The number of carbonyl (C=O) groups is 3. The summed E-state index contributed by atoms with van der Waals surface area (Å²) in [5.41, 5.74) is 3.93. The van der Waals surface area contributed by atoms with Gasteiger partial charge in [-0.2, -0.15) is 0 Å². The van der Waals surface area contributed by atoms with Gasteiger partial charge in [0.1, 0.15) is 6.54 Å². The lowest BCUT2D eigenvalue weighted by molar-refractivity contribution is -0.136. The first-order valence-electron chi connectivity index (χ1n) is 12.6. The molecule has 0 unspecified atom stereocenters. The zero-order valence-corrected chi connectivity index (χ0v) is 22.3. The highest BCUT2D eigenvalue weighted by Gasteiger charge is 2.33. The van der Waals surface area contributed by atoms with Gasteiger partial charge in [-0.05, 0) is 42.0 Å². The van der Waals surface area contributed by atoms with Crippen LogP contribution in [0, 0.1) is 0 Å². The number of halogens is 2. The molecule has 2 aromatic carbocycles. The van der Waals surface area contributed by atoms with Crippen LogP contribution in [0.2, 0.25) is 10.0 Å². The lowest BCUT2D eigenvalue weighted by atomic mass is 10.0. The molecular weight excluding hydrogens is 511 g/mol. The Kier molecular flexibility index (Phi) is 7.45. The van der Waals surface area contributed by atoms with Gasteiger partial charge in [-0.25, -0.2) is 4.79 Å². The Balaban J connectivity index is 1.22. The summed E-state index contributed by atoms with van der Waals surface area (Å²) in [6.45, 7) is 2.17. The maximum absolute atomic E-state index is 13.2. The highest BCUT2D eigenvalue weighted by Crippen LogP contribution is 2.32. The molecule has 0 atom stereocenters. The van der Waals surface area contributed by atoms with Crippen molar-refractivity contribution in [3.05, 3.63) is 75.4 Å². The van der Waals surface area contributed by atoms with Crippen molar-refractivity contribution >= 4 is 46.6 Å². The van der Waals surface area contributed by atoms with E-state index in [1.165, 1.54) is 10.5 Å². The molecule has 5 rings (SSSR count). The third-order valence-electron chi connectivity index (χ3n) is 7.56. The Bertz CT molecular complexity index is 1260. The molecule has 0 N–H and O–H groups in total. The van der Waals surface area contributed by atoms with Gasteiger partial charge < -0.3 is 14.7 Å². The van der Waals surface area contributed by atoms with Crippen LogP contribution in [-0.2, 0) is 22.4 Å². The summed E-state index contributed by atoms with van der Waals surface area (Å²) in [7, 11) is 1.70. The van der Waals surface area contributed by atoms with Crippen molar-refractivity contribution in [1.82, 2.24) is 19.6 Å². The fourth-order valence-corrected chi connectivity index (χ4v) is 5.93. The molecule has 9 heteroatoms. The lowest BCUT2D eigenvalue weighted by Crippen LogP contribution is -2.52. The number of carbonyl (C=O) groups excluding carboxylic acids is 3. The van der Waals surface area contributed by atoms with Gasteiger partial charge in [-0.15, -0.1) is 0 Å². The Hall–Kier alpha value is -3.03. The van der Waals surface area contributed by atoms with E-state index in [1.54, 1.807) is 29.1 Å². The number of rotatable bonds is 4. The summed E-state index contributed by atoms with van der Waals surface area (Å²) in [5, 5.41) is 0.870. The summed E-state index contributed by atoms with van der Waals surface area (Å²) in [4.78, 5) is 45.8. The molecule has 0 radical (unpaired) electrons. The van der Waals surface area contributed by atoms with Crippen LogP contribution in [-0.4, -0.2) is 83.3 Å². The number of urea groups is 1. The number of likely N-dealkylation sites (N-methyl/N-ethyl adjacent to an activating group) is 1. The minimum atomic E-state index is -0.236. The molecular formula is C28H30Cl2N4O3. The van der Waals surface area contributed by atoms with Crippen molar-refractivity contribution in [2.75, 3.05) is 39.8 Å². The number of benzene rings is 2. The quantitative estimate of drug-likeness (QED) is 0.580. The molecule has 1 fully saturated rings. The fourth-order valence-electron chi connectivity index (χ4n) is 5.51. The maximum Gasteiger partial charge on any atom is 0.324 e. The van der Waals surface area contributed by atoms with Crippen LogP contribution in [0.25, 0.3) is 5.57 Å². The zero-order valence-electron chi connectivity index (χ0n) is 20.8. The Labute approximate surface area is 227 Å². The van der Waals surface area contributed by atoms with E-state index in [0.717, 1.165) is 36.0 Å². The van der Waals surface area contributed by atoms with Crippen molar-refractivity contribution in [2.24, 2.45) is 0 Å². The van der Waals surface area contributed by atoms with E-state index in [0.29, 0.717) is 42.6 Å². The second kappa shape index (κ2) is 10.8. The van der Waals surface area contributed by atoms with Gasteiger partial charge in [-0.3, -0.25) is 14.5 Å². The Morgan fingerprint density at radius 3 is 2.46 bits per heavy atom. The van der Waals surface area contributed by atoms with Crippen LogP contribution >= 0.6 is 23.2 Å². The summed E-state index contributed by atoms with van der Waals surface area (Å²) < 4.78 is 0. The van der Waals surface area contributed by atoms with Gasteiger partial charge in [0.15, 0.2) is 0 Å². The molecule has 3 aliphatic rings. The number of piperidine rings is 1. The summed E-state index contributed by atoms with van der Waals surface area (Å²) in [6, 6.07) is 13.4. The van der Waals surface area contributed by atoms with E-state index in [2.05, 4.69) is 6.07 Å². The largest absolute Gasteiger partial charge is 0.341 e. The van der Waals surface area contributed by atoms with Crippen molar-refractivity contribution in [1.29, 1.82) is 0 Å². The molecule has 0 spiro atoms. The van der Waals surface area contributed by atoms with Gasteiger partial charge in [0.05, 0.1) is 16.5 Å². The third kappa shape index (κ3) is 5.34. The highest BCUT2D eigenvalue weighted by atomic mass is 35.5. The Morgan fingerprint density at radius 2 is 1.70 bits per heavy atom. The number of fused-ring (bicyclic) bond motifs is 1. The predicted molar refractivity (Wildman–Crippen MR) is 144 cm³/mol. The van der Waals surface area contributed by atoms with E-state index >= 15 is 0 Å². The molecule has 4 amide bonds. The van der Waals surface area contributed by atoms with Gasteiger partial charge in [0.2, 0.25) is 11.8 Å². The van der Waals surface area contributed by atoms with Crippen molar-refractivity contribution < 1.29 is 14.4 Å². The third-order valence-corrected chi connectivity index (χ3v) is 8.37. The number of hydrogen-bond donors (Lipinski definition) is 0. The monoisotopic (exact) mass is 540 g/mol. The summed E-state index contributed by atoms with van der Waals surface area (Å²) in [6.07, 6.45) is 4.47. The van der Waals surface area contributed by atoms with Crippen LogP contribution in [0.4, 0.5) is 4.79 Å². The number of hydrogen-bond acceptors (Lipinski definition) is 3. The maximum atomic E-state index is 13.2. The number of nitrogens with zero attached hydrogens (tertiary/aromatic N) is 4. The molecule has 0 bridgehead atoms. The molecule has 7 nitrogen and oxygen atoms in total. The summed E-state index contributed by atoms with van der Waals surface area (Å²) >= 11 is 12.6. The van der Waals surface area contributed by atoms with E-state index < -0.39 is 0 Å². The lowest BCUT2D eigenvalue weighted by Gasteiger charge is -2.39. The molecule has 1 saturated heterocycles. The van der Waals surface area contributed by atoms with Gasteiger partial charge in [-0.1, -0.05) is 59.6 Å². The number of amides is 4. The average Bonchev–Trinajstić information content (AvgIpc) is 3.06. The molecule has 0 aromatic heterocycles. The van der Waals surface area contributed by atoms with Gasteiger partial charge in [0.25, 0.3) is 0 Å². The van der Waals surface area contributed by atoms with Crippen molar-refractivity contribution in [3.8, 4) is 0 Å². The molecule has 37 heavy (non-hydrogen) atoms. The molecule has 3 heterocycles. The normalized spacial score (nSPS) is 19.1. The average molecular weight is 541 g/mol. The van der Waals surface area contributed by atoms with Crippen LogP contribution in [0.5, 0.6) is 0 Å². The highest BCUT2D eigenvalue weighted by molar-refractivity contribution is 6.43. The number of likely N-dealkylation sites (tertiary alicyclic amines) is 1. The predicted octanol–water partition coefficient (Wildman–Crippen LogP) is 4.32. The first kappa shape index (κ1) is 25.6. The molecule has 194 valence electrons.